The van der Waals surface area contributed by atoms with Crippen molar-refractivity contribution >= 4 is 17.5 Å². The fraction of sp³-hybridized carbons (Fsp3) is 0.455. The lowest BCUT2D eigenvalue weighted by Gasteiger charge is -2.29. The lowest BCUT2D eigenvalue weighted by molar-refractivity contribution is -0.389. The molecular weight excluding hydrogens is 236 g/mol. The number of carbonyl (C=O) groups is 1. The predicted molar refractivity (Wildman–Crippen MR) is 65.0 cm³/mol. The number of nitrogens with two attached hydrogens (primary N) is 1. The Balaban J connectivity index is 2.07. The van der Waals surface area contributed by atoms with Crippen LogP contribution in [0.4, 0.5) is 11.6 Å². The summed E-state index contributed by atoms with van der Waals surface area (Å²) in [6, 6.07) is 4.71. The lowest BCUT2D eigenvalue weighted by Crippen LogP contribution is -2.38. The highest BCUT2D eigenvalue weighted by atomic mass is 16.6. The Morgan fingerprint density at radius 1 is 1.44 bits per heavy atom. The Bertz CT molecular complexity index is 469. The van der Waals surface area contributed by atoms with Crippen molar-refractivity contribution in [2.24, 2.45) is 11.7 Å². The molecule has 1 amide bonds. The fourth-order valence-corrected chi connectivity index (χ4v) is 2.08. The summed E-state index contributed by atoms with van der Waals surface area (Å²) in [6.07, 6.45) is 1.33. The van der Waals surface area contributed by atoms with Crippen LogP contribution in [-0.4, -0.2) is 28.9 Å². The molecule has 2 rings (SSSR count). The lowest BCUT2D eigenvalue weighted by atomic mass is 9.96. The molecule has 1 aliphatic rings. The molecule has 0 spiro atoms. The number of anilines is 1. The van der Waals surface area contributed by atoms with E-state index < -0.39 is 4.92 Å². The highest BCUT2D eigenvalue weighted by Gasteiger charge is 2.25. The number of hydrogen-bond donors (Lipinski definition) is 1. The summed E-state index contributed by atoms with van der Waals surface area (Å²) in [5.74, 6) is 0.0400. The number of pyridine rings is 1. The van der Waals surface area contributed by atoms with Crippen LogP contribution >= 0.6 is 0 Å². The quantitative estimate of drug-likeness (QED) is 0.628. The van der Waals surface area contributed by atoms with Crippen molar-refractivity contribution in [3.05, 3.63) is 28.3 Å². The Morgan fingerprint density at radius 3 is 2.67 bits per heavy atom. The van der Waals surface area contributed by atoms with Gasteiger partial charge in [-0.15, -0.1) is 0 Å². The molecule has 0 atom stereocenters. The largest absolute Gasteiger partial charge is 0.369 e. The van der Waals surface area contributed by atoms with Gasteiger partial charge in [-0.2, -0.15) is 0 Å². The number of primary amides is 1. The molecule has 2 N–H and O–H groups in total. The average molecular weight is 250 g/mol. The van der Waals surface area contributed by atoms with Crippen molar-refractivity contribution in [1.82, 2.24) is 4.98 Å². The third kappa shape index (κ3) is 2.55. The molecule has 7 nitrogen and oxygen atoms in total. The summed E-state index contributed by atoms with van der Waals surface area (Å²) < 4.78 is 0. The smallest absolute Gasteiger partial charge is 0.365 e. The highest BCUT2D eigenvalue weighted by Crippen LogP contribution is 2.23. The van der Waals surface area contributed by atoms with Crippen LogP contribution in [0.1, 0.15) is 12.8 Å². The summed E-state index contributed by atoms with van der Waals surface area (Å²) >= 11 is 0. The van der Waals surface area contributed by atoms with Crippen LogP contribution in [0.2, 0.25) is 0 Å². The van der Waals surface area contributed by atoms with E-state index in [1.54, 1.807) is 12.1 Å². The van der Waals surface area contributed by atoms with Gasteiger partial charge < -0.3 is 20.7 Å². The van der Waals surface area contributed by atoms with Crippen molar-refractivity contribution in [3.63, 3.8) is 0 Å². The normalized spacial score (nSPS) is 16.6. The second-order valence-electron chi connectivity index (χ2n) is 4.27. The summed E-state index contributed by atoms with van der Waals surface area (Å²) in [7, 11) is 0. The number of amides is 1. The summed E-state index contributed by atoms with van der Waals surface area (Å²) in [6.45, 7) is 1.28. The molecule has 1 aromatic heterocycles. The van der Waals surface area contributed by atoms with E-state index in [0.29, 0.717) is 31.7 Å². The first kappa shape index (κ1) is 12.3. The van der Waals surface area contributed by atoms with Crippen molar-refractivity contribution < 1.29 is 9.72 Å². The average Bonchev–Trinajstić information content (AvgIpc) is 2.39. The van der Waals surface area contributed by atoms with Gasteiger partial charge in [-0.25, -0.2) is 0 Å². The maximum absolute atomic E-state index is 11.0. The van der Waals surface area contributed by atoms with Crippen LogP contribution in [0.15, 0.2) is 18.2 Å². The standard InChI is InChI=1S/C11H14N4O3/c12-11(16)8-4-6-14(7-5-8)9-2-1-3-10(13-9)15(17)18/h1-3,8H,4-7H2,(H2,12,16). The number of carbonyl (C=O) groups excluding carboxylic acids is 1. The van der Waals surface area contributed by atoms with Gasteiger partial charge in [0.05, 0.1) is 0 Å². The van der Waals surface area contributed by atoms with E-state index in [9.17, 15) is 14.9 Å². The maximum atomic E-state index is 11.0. The number of nitro groups is 1. The molecule has 0 aliphatic carbocycles. The molecule has 7 heteroatoms. The third-order valence-electron chi connectivity index (χ3n) is 3.13. The predicted octanol–water partition coefficient (Wildman–Crippen LogP) is 0.691. The van der Waals surface area contributed by atoms with E-state index in [4.69, 9.17) is 5.73 Å². The Labute approximate surface area is 104 Å². The van der Waals surface area contributed by atoms with Crippen LogP contribution in [0.3, 0.4) is 0 Å². The zero-order valence-corrected chi connectivity index (χ0v) is 9.78. The van der Waals surface area contributed by atoms with Gasteiger partial charge in [0.2, 0.25) is 11.7 Å². The van der Waals surface area contributed by atoms with E-state index in [0.717, 1.165) is 0 Å². The highest BCUT2D eigenvalue weighted by molar-refractivity contribution is 5.76. The molecule has 1 aromatic rings. The van der Waals surface area contributed by atoms with Crippen molar-refractivity contribution in [1.29, 1.82) is 0 Å². The Kier molecular flexibility index (Phi) is 3.40. The van der Waals surface area contributed by atoms with Crippen molar-refractivity contribution in [2.45, 2.75) is 12.8 Å². The van der Waals surface area contributed by atoms with Gasteiger partial charge >= 0.3 is 5.82 Å². The number of nitrogens with zero attached hydrogens (tertiary/aromatic N) is 3. The van der Waals surface area contributed by atoms with Gasteiger partial charge in [0.1, 0.15) is 0 Å². The van der Waals surface area contributed by atoms with Crippen molar-refractivity contribution in [2.75, 3.05) is 18.0 Å². The zero-order valence-electron chi connectivity index (χ0n) is 9.78. The molecule has 1 fully saturated rings. The van der Waals surface area contributed by atoms with E-state index >= 15 is 0 Å². The SMILES string of the molecule is NC(=O)C1CCN(c2cccc([N+](=O)[O-])n2)CC1. The first-order chi connectivity index (χ1) is 8.58. The molecule has 0 aromatic carbocycles. The van der Waals surface area contributed by atoms with Gasteiger partial charge in [-0.3, -0.25) is 4.79 Å². The van der Waals surface area contributed by atoms with E-state index in [-0.39, 0.29) is 17.6 Å². The Morgan fingerprint density at radius 2 is 2.11 bits per heavy atom. The molecule has 96 valence electrons. The van der Waals surface area contributed by atoms with E-state index in [1.807, 2.05) is 4.90 Å². The van der Waals surface area contributed by atoms with Crippen LogP contribution in [-0.2, 0) is 4.79 Å². The summed E-state index contributed by atoms with van der Waals surface area (Å²) in [5, 5.41) is 10.6. The second kappa shape index (κ2) is 4.99. The van der Waals surface area contributed by atoms with Crippen LogP contribution in [0.5, 0.6) is 0 Å². The van der Waals surface area contributed by atoms with E-state index in [1.165, 1.54) is 6.07 Å². The zero-order chi connectivity index (χ0) is 13.1. The first-order valence-corrected chi connectivity index (χ1v) is 5.73. The number of hydrogen-bond acceptors (Lipinski definition) is 5. The molecule has 18 heavy (non-hydrogen) atoms. The number of rotatable bonds is 3. The number of aromatic nitrogens is 1. The number of piperidine rings is 1. The van der Waals surface area contributed by atoms with Gasteiger partial charge in [-0.1, -0.05) is 0 Å². The molecule has 0 unspecified atom stereocenters. The summed E-state index contributed by atoms with van der Waals surface area (Å²) in [5.41, 5.74) is 5.25. The van der Waals surface area contributed by atoms with Gasteiger partial charge in [-0.05, 0) is 28.8 Å². The second-order valence-corrected chi connectivity index (χ2v) is 4.27. The minimum Gasteiger partial charge on any atom is -0.369 e. The fourth-order valence-electron chi connectivity index (χ4n) is 2.08. The van der Waals surface area contributed by atoms with E-state index in [2.05, 4.69) is 4.98 Å². The molecule has 2 heterocycles. The van der Waals surface area contributed by atoms with Crippen LogP contribution in [0, 0.1) is 16.0 Å². The third-order valence-corrected chi connectivity index (χ3v) is 3.13. The Hall–Kier alpha value is -2.18. The van der Waals surface area contributed by atoms with Crippen LogP contribution < -0.4 is 10.6 Å². The first-order valence-electron chi connectivity index (χ1n) is 5.73. The van der Waals surface area contributed by atoms with Crippen LogP contribution in [0.25, 0.3) is 0 Å². The minimum absolute atomic E-state index is 0.0973. The molecule has 0 radical (unpaired) electrons. The molecular formula is C11H14N4O3. The summed E-state index contributed by atoms with van der Waals surface area (Å²) in [4.78, 5) is 27.1. The van der Waals surface area contributed by atoms with Gasteiger partial charge in [0.25, 0.3) is 0 Å². The minimum atomic E-state index is -0.514. The molecule has 1 saturated heterocycles. The monoisotopic (exact) mass is 250 g/mol. The maximum Gasteiger partial charge on any atom is 0.365 e. The van der Waals surface area contributed by atoms with Crippen molar-refractivity contribution in [3.8, 4) is 0 Å². The molecule has 0 bridgehead atoms. The molecule has 1 aliphatic heterocycles. The topological polar surface area (TPSA) is 102 Å². The van der Waals surface area contributed by atoms with Gasteiger partial charge in [0, 0.05) is 31.1 Å². The van der Waals surface area contributed by atoms with Gasteiger partial charge in [0.15, 0.2) is 0 Å². The molecule has 0 saturated carbocycles.